The van der Waals surface area contributed by atoms with Crippen LogP contribution in [0.25, 0.3) is 11.1 Å². The third kappa shape index (κ3) is 3.68. The second kappa shape index (κ2) is 8.28. The lowest BCUT2D eigenvalue weighted by Crippen LogP contribution is -2.23. The Balaban J connectivity index is 1.89. The van der Waals surface area contributed by atoms with E-state index in [1.165, 1.54) is 24.3 Å². The Morgan fingerprint density at radius 1 is 1.23 bits per heavy atom. The summed E-state index contributed by atoms with van der Waals surface area (Å²) in [5, 5.41) is 12.7. The van der Waals surface area contributed by atoms with Crippen molar-refractivity contribution in [2.45, 2.75) is 25.7 Å². The molecule has 1 aliphatic rings. The fourth-order valence-electron chi connectivity index (χ4n) is 3.69. The Kier molecular flexibility index (Phi) is 5.55. The predicted molar refractivity (Wildman–Crippen MR) is 114 cm³/mol. The Labute approximate surface area is 177 Å². The first kappa shape index (κ1) is 20.1. The van der Waals surface area contributed by atoms with Crippen molar-refractivity contribution in [1.82, 2.24) is 0 Å². The molecule has 1 amide bonds. The normalized spacial score (nSPS) is 15.4. The molecule has 0 aliphatic carbocycles. The van der Waals surface area contributed by atoms with Crippen LogP contribution in [0, 0.1) is 5.82 Å². The summed E-state index contributed by atoms with van der Waals surface area (Å²) in [5.74, 6) is -1.32. The molecule has 1 unspecified atom stereocenters. The van der Waals surface area contributed by atoms with Crippen LogP contribution in [0.3, 0.4) is 0 Å². The van der Waals surface area contributed by atoms with E-state index in [2.05, 4.69) is 5.32 Å². The number of halogens is 1. The molecular weight excluding hydrogens is 405 g/mol. The van der Waals surface area contributed by atoms with Crippen LogP contribution in [0.15, 0.2) is 48.5 Å². The molecule has 0 saturated carbocycles. The standard InChI is InChI=1S/C23H20FNO4S/c1-2-11-29-17-6-4-3-5-15(17)16-12-18(26)25-20-19(13-7-9-14(24)10-8-13)22(23(27)28)30-21(16)20/h3-10,16H,2,11-12H2,1H3,(H,25,26)(H,27,28). The summed E-state index contributed by atoms with van der Waals surface area (Å²) in [6.45, 7) is 2.57. The zero-order valence-electron chi connectivity index (χ0n) is 16.3. The van der Waals surface area contributed by atoms with Gasteiger partial charge in [0.1, 0.15) is 16.4 Å². The molecule has 7 heteroatoms. The van der Waals surface area contributed by atoms with Crippen molar-refractivity contribution in [1.29, 1.82) is 0 Å². The number of ether oxygens (including phenoxy) is 1. The second-order valence-corrected chi connectivity index (χ2v) is 8.10. The molecule has 4 rings (SSSR count). The highest BCUT2D eigenvalue weighted by Gasteiger charge is 2.35. The Bertz CT molecular complexity index is 1110. The number of carboxylic acid groups (broad SMARTS) is 1. The van der Waals surface area contributed by atoms with E-state index in [1.54, 1.807) is 0 Å². The smallest absolute Gasteiger partial charge is 0.346 e. The van der Waals surface area contributed by atoms with Crippen molar-refractivity contribution in [2.75, 3.05) is 11.9 Å². The summed E-state index contributed by atoms with van der Waals surface area (Å²) in [6, 6.07) is 13.1. The number of aromatic carboxylic acids is 1. The van der Waals surface area contributed by atoms with E-state index in [0.29, 0.717) is 29.2 Å². The number of para-hydroxylation sites is 1. The molecule has 1 aromatic heterocycles. The van der Waals surface area contributed by atoms with Gasteiger partial charge in [0, 0.05) is 28.3 Å². The van der Waals surface area contributed by atoms with Gasteiger partial charge in [0.2, 0.25) is 5.91 Å². The summed E-state index contributed by atoms with van der Waals surface area (Å²) >= 11 is 1.14. The molecule has 0 spiro atoms. The van der Waals surface area contributed by atoms with Crippen molar-refractivity contribution in [3.8, 4) is 16.9 Å². The van der Waals surface area contributed by atoms with Crippen LogP contribution in [0.4, 0.5) is 10.1 Å². The van der Waals surface area contributed by atoms with Crippen LogP contribution in [0.5, 0.6) is 5.75 Å². The van der Waals surface area contributed by atoms with Gasteiger partial charge in [0.15, 0.2) is 0 Å². The van der Waals surface area contributed by atoms with E-state index in [9.17, 15) is 19.1 Å². The zero-order valence-corrected chi connectivity index (χ0v) is 17.1. The second-order valence-electron chi connectivity index (χ2n) is 7.05. The Morgan fingerprint density at radius 2 is 1.97 bits per heavy atom. The molecule has 3 aromatic rings. The fourth-order valence-corrected chi connectivity index (χ4v) is 4.93. The number of carboxylic acids is 1. The first-order chi connectivity index (χ1) is 14.5. The average molecular weight is 425 g/mol. The summed E-state index contributed by atoms with van der Waals surface area (Å²) in [5.41, 5.74) is 2.29. The van der Waals surface area contributed by atoms with Crippen LogP contribution in [-0.2, 0) is 4.79 Å². The van der Waals surface area contributed by atoms with Crippen LogP contribution in [0.1, 0.15) is 45.8 Å². The lowest BCUT2D eigenvalue weighted by atomic mass is 9.88. The number of hydrogen-bond acceptors (Lipinski definition) is 4. The van der Waals surface area contributed by atoms with Crippen molar-refractivity contribution < 1.29 is 23.8 Å². The monoisotopic (exact) mass is 425 g/mol. The average Bonchev–Trinajstić information content (AvgIpc) is 3.12. The number of carbonyl (C=O) groups is 2. The van der Waals surface area contributed by atoms with Gasteiger partial charge in [-0.1, -0.05) is 37.3 Å². The van der Waals surface area contributed by atoms with Crippen LogP contribution in [0.2, 0.25) is 0 Å². The highest BCUT2D eigenvalue weighted by atomic mass is 32.1. The maximum absolute atomic E-state index is 13.4. The van der Waals surface area contributed by atoms with Gasteiger partial charge in [0.05, 0.1) is 12.3 Å². The molecule has 1 atom stereocenters. The summed E-state index contributed by atoms with van der Waals surface area (Å²) in [4.78, 5) is 25.5. The van der Waals surface area contributed by atoms with Gasteiger partial charge in [-0.15, -0.1) is 11.3 Å². The number of benzene rings is 2. The SMILES string of the molecule is CCCOc1ccccc1C1CC(=O)Nc2c1sc(C(=O)O)c2-c1ccc(F)cc1. The Hall–Kier alpha value is -3.19. The topological polar surface area (TPSA) is 75.6 Å². The molecule has 5 nitrogen and oxygen atoms in total. The lowest BCUT2D eigenvalue weighted by Gasteiger charge is -2.25. The van der Waals surface area contributed by atoms with Crippen molar-refractivity contribution in [2.24, 2.45) is 0 Å². The predicted octanol–water partition coefficient (Wildman–Crippen LogP) is 5.52. The van der Waals surface area contributed by atoms with Gasteiger partial charge >= 0.3 is 5.97 Å². The number of rotatable bonds is 6. The quantitative estimate of drug-likeness (QED) is 0.546. The first-order valence-corrected chi connectivity index (χ1v) is 10.5. The van der Waals surface area contributed by atoms with Crippen molar-refractivity contribution in [3.63, 3.8) is 0 Å². The third-order valence-corrected chi connectivity index (χ3v) is 6.28. The number of amides is 1. The molecule has 2 heterocycles. The molecule has 30 heavy (non-hydrogen) atoms. The summed E-state index contributed by atoms with van der Waals surface area (Å²) < 4.78 is 19.3. The first-order valence-electron chi connectivity index (χ1n) is 9.67. The van der Waals surface area contributed by atoms with E-state index in [1.807, 2.05) is 31.2 Å². The van der Waals surface area contributed by atoms with Crippen LogP contribution >= 0.6 is 11.3 Å². The molecule has 0 bridgehead atoms. The van der Waals surface area contributed by atoms with E-state index in [-0.39, 0.29) is 23.1 Å². The number of hydrogen-bond donors (Lipinski definition) is 2. The van der Waals surface area contributed by atoms with Gasteiger partial charge in [-0.3, -0.25) is 4.79 Å². The fraction of sp³-hybridized carbons (Fsp3) is 0.217. The van der Waals surface area contributed by atoms with Crippen LogP contribution in [-0.4, -0.2) is 23.6 Å². The molecule has 2 N–H and O–H groups in total. The van der Waals surface area contributed by atoms with E-state index in [4.69, 9.17) is 4.74 Å². The van der Waals surface area contributed by atoms with E-state index < -0.39 is 11.8 Å². The maximum Gasteiger partial charge on any atom is 0.346 e. The number of nitrogens with one attached hydrogen (secondary N) is 1. The van der Waals surface area contributed by atoms with Gasteiger partial charge in [-0.05, 0) is 30.2 Å². The maximum atomic E-state index is 13.4. The summed E-state index contributed by atoms with van der Waals surface area (Å²) in [6.07, 6.45) is 1.05. The van der Waals surface area contributed by atoms with E-state index >= 15 is 0 Å². The van der Waals surface area contributed by atoms with Gasteiger partial charge in [-0.2, -0.15) is 0 Å². The third-order valence-electron chi connectivity index (χ3n) is 4.99. The molecule has 0 fully saturated rings. The number of carbonyl (C=O) groups excluding carboxylic acids is 1. The van der Waals surface area contributed by atoms with Gasteiger partial charge in [0.25, 0.3) is 0 Å². The molecule has 1 aliphatic heterocycles. The minimum absolute atomic E-state index is 0.116. The van der Waals surface area contributed by atoms with Crippen molar-refractivity contribution in [3.05, 3.63) is 69.7 Å². The largest absolute Gasteiger partial charge is 0.493 e. The van der Waals surface area contributed by atoms with E-state index in [0.717, 1.165) is 28.2 Å². The molecule has 2 aromatic carbocycles. The molecule has 154 valence electrons. The molecular formula is C23H20FNO4S. The molecule has 0 saturated heterocycles. The summed E-state index contributed by atoms with van der Waals surface area (Å²) in [7, 11) is 0. The van der Waals surface area contributed by atoms with Gasteiger partial charge < -0.3 is 15.2 Å². The van der Waals surface area contributed by atoms with Gasteiger partial charge in [-0.25, -0.2) is 9.18 Å². The lowest BCUT2D eigenvalue weighted by molar-refractivity contribution is -0.116. The molecule has 0 radical (unpaired) electrons. The highest BCUT2D eigenvalue weighted by molar-refractivity contribution is 7.15. The minimum Gasteiger partial charge on any atom is -0.493 e. The zero-order chi connectivity index (χ0) is 21.3. The highest BCUT2D eigenvalue weighted by Crippen LogP contribution is 2.50. The van der Waals surface area contributed by atoms with Crippen molar-refractivity contribution >= 4 is 28.9 Å². The Morgan fingerprint density at radius 3 is 2.67 bits per heavy atom. The number of fused-ring (bicyclic) bond motifs is 1. The van der Waals surface area contributed by atoms with Crippen LogP contribution < -0.4 is 10.1 Å². The number of thiophene rings is 1. The minimum atomic E-state index is -1.09. The number of anilines is 1.